The molecule has 3 amide bonds. The number of rotatable bonds is 48. The van der Waals surface area contributed by atoms with Crippen LogP contribution in [0.2, 0.25) is 0 Å². The molecule has 0 aromatic rings. The van der Waals surface area contributed by atoms with Crippen molar-refractivity contribution in [3.8, 4) is 0 Å². The molecule has 0 bridgehead atoms. The van der Waals surface area contributed by atoms with Gasteiger partial charge in [-0.1, -0.05) is 0 Å². The van der Waals surface area contributed by atoms with Crippen LogP contribution in [0.15, 0.2) is 0 Å². The van der Waals surface area contributed by atoms with Crippen molar-refractivity contribution in [2.75, 3.05) is 39.3 Å². The first-order valence-electron chi connectivity index (χ1n) is 31.4. The number of carboxylic acid groups (broad SMARTS) is 24. The Kier molecular flexibility index (Phi) is 127. The van der Waals surface area contributed by atoms with Crippen LogP contribution >= 0.6 is 0 Å². The molecule has 0 fully saturated rings. The molecule has 0 aliphatic carbocycles. The van der Waals surface area contributed by atoms with Gasteiger partial charge in [-0.15, -0.1) is 0 Å². The summed E-state index contributed by atoms with van der Waals surface area (Å²) in [6.07, 6.45) is -10.6. The van der Waals surface area contributed by atoms with Gasteiger partial charge in [-0.25, -0.2) is 15.0 Å². The van der Waals surface area contributed by atoms with Crippen molar-refractivity contribution in [1.82, 2.24) is 31.3 Å². The Hall–Kier alpha value is -12.9. The number of nitrogens with two attached hydrogens (primary N) is 3. The molecule has 749 valence electrons. The fourth-order valence-corrected chi connectivity index (χ4v) is 4.91. The van der Waals surface area contributed by atoms with Crippen molar-refractivity contribution in [2.45, 2.75) is 135 Å². The third-order valence-electron chi connectivity index (χ3n) is 9.38. The van der Waals surface area contributed by atoms with Crippen LogP contribution in [-0.4, -0.2) is 283 Å². The zero-order valence-corrected chi connectivity index (χ0v) is 74.2. The number of nitrogens with zero attached hydrogens (tertiary/aromatic N) is 3. The molecule has 0 saturated carbocycles. The zero-order valence-electron chi connectivity index (χ0n) is 66.5. The van der Waals surface area contributed by atoms with Crippen LogP contribution in [0.1, 0.15) is 117 Å². The number of hydrogen-bond donors (Lipinski definition) is 9. The molecule has 0 unspecified atom stereocenters. The normalized spacial score (nSPS) is 9.36. The fraction of sp³-hybridized carbons (Fsp3) is 0.450. The first-order chi connectivity index (χ1) is 57.0. The van der Waals surface area contributed by atoms with Crippen LogP contribution in [0.5, 0.6) is 0 Å². The number of nitrogens with one attached hydrogen (secondary N) is 3. The Morgan fingerprint density at radius 3 is 0.414 bits per heavy atom. The molecule has 66 nitrogen and oxygen atoms in total. The number of hydrogen-bond acceptors (Lipinski definition) is 60. The maximum absolute atomic E-state index is 10.4. The Labute approximate surface area is 814 Å². The monoisotopic (exact) mass is 2220 g/mol. The van der Waals surface area contributed by atoms with Gasteiger partial charge in [0.05, 0.1) is 75.1 Å². The largest absolute Gasteiger partial charge is 3.00 e. The molecule has 0 aromatic heterocycles. The van der Waals surface area contributed by atoms with Gasteiger partial charge in [-0.2, -0.15) is 0 Å². The van der Waals surface area contributed by atoms with E-state index in [-0.39, 0.29) is 119 Å². The molecule has 133 heavy (non-hydrogen) atoms. The van der Waals surface area contributed by atoms with Gasteiger partial charge in [0.15, 0.2) is 17.3 Å². The van der Waals surface area contributed by atoms with Crippen molar-refractivity contribution >= 4 is 196 Å². The first-order valence-corrected chi connectivity index (χ1v) is 31.4. The standard InChI is InChI=1S/3C6H10N2O5.6C5H6O5.3C4H7NO4.7Fe/c3*1-4(9)7-8(2-5(10)11)3-6(12)13;3*6-3(1-4(7)8)2-5(9)10;3*6-3(5(9)10)1-2-4(7)8;3*5-2(4(8)9)1-3(6)7;;;;;;;/h3*2-3H2,1H3,(H,7,9)(H,10,11)(H,12,13);6*1-2H2,(H,7,8)(H,9,10);3*2H,1,5H2,(H,6,7)(H,8,9);;;;;;;/q;;;;;;;;;;;;7*+3/p-21/t;;;;;;;;;3*2-;;;;;;;/m.........000......./s1. The summed E-state index contributed by atoms with van der Waals surface area (Å²) in [7, 11) is 0. The van der Waals surface area contributed by atoms with Crippen LogP contribution in [0.25, 0.3) is 0 Å². The summed E-state index contributed by atoms with van der Waals surface area (Å²) in [5.41, 5.74) is 20.4. The van der Waals surface area contributed by atoms with E-state index in [0.717, 1.165) is 20.8 Å². The molecule has 12 N–H and O–H groups in total. The topological polar surface area (TPSA) is 1230 Å². The van der Waals surface area contributed by atoms with Crippen LogP contribution in [0.3, 0.4) is 0 Å². The van der Waals surface area contributed by atoms with Gasteiger partial charge in [0.1, 0.15) is 53.4 Å². The Morgan fingerprint density at radius 1 is 0.218 bits per heavy atom. The van der Waals surface area contributed by atoms with Crippen molar-refractivity contribution < 1.29 is 400 Å². The molecule has 73 heteroatoms. The summed E-state index contributed by atoms with van der Waals surface area (Å²) in [6.45, 7) is -0.837. The van der Waals surface area contributed by atoms with Crippen LogP contribution in [0.4, 0.5) is 0 Å². The number of carbonyl (C=O) groups excluding carboxylic acids is 30. The summed E-state index contributed by atoms with van der Waals surface area (Å²) >= 11 is 0. The summed E-state index contributed by atoms with van der Waals surface area (Å²) in [5.74, 6) is -44.8. The number of hydrazine groups is 3. The third kappa shape index (κ3) is 170. The summed E-state index contributed by atoms with van der Waals surface area (Å²) in [6, 6.07) is -4.06. The zero-order chi connectivity index (χ0) is 102. The summed E-state index contributed by atoms with van der Waals surface area (Å²) in [5, 5.41) is 231. The van der Waals surface area contributed by atoms with Crippen molar-refractivity contribution in [1.29, 1.82) is 0 Å². The van der Waals surface area contributed by atoms with Gasteiger partial charge in [0, 0.05) is 169 Å². The molecule has 0 rings (SSSR count). The van der Waals surface area contributed by atoms with E-state index in [2.05, 4.69) is 0 Å². The Balaban J connectivity index is -0.0000000625. The number of carbonyl (C=O) groups is 33. The third-order valence-corrected chi connectivity index (χ3v) is 9.38. The average Bonchev–Trinajstić information content (AvgIpc) is 0.955. The molecule has 0 aliphatic heterocycles. The molecular formula is C60H66Fe7N9O57. The maximum Gasteiger partial charge on any atom is 3.00 e. The van der Waals surface area contributed by atoms with Gasteiger partial charge in [-0.05, 0) is 19.3 Å². The average molecular weight is 2220 g/mol. The van der Waals surface area contributed by atoms with Crippen molar-refractivity contribution in [2.24, 2.45) is 17.2 Å². The van der Waals surface area contributed by atoms with E-state index in [1.54, 1.807) is 0 Å². The van der Waals surface area contributed by atoms with E-state index in [1.165, 1.54) is 0 Å². The summed E-state index contributed by atoms with van der Waals surface area (Å²) in [4.78, 5) is 327. The van der Waals surface area contributed by atoms with E-state index in [4.69, 9.17) is 32.5 Å². The molecule has 0 spiro atoms. The summed E-state index contributed by atoms with van der Waals surface area (Å²) < 4.78 is 0. The molecule has 0 aromatic carbocycles. The van der Waals surface area contributed by atoms with E-state index < -0.39 is 349 Å². The molecule has 7 radical (unpaired) electrons. The number of aliphatic carboxylic acids is 24. The minimum Gasteiger partial charge on any atom is -0.550 e. The van der Waals surface area contributed by atoms with Gasteiger partial charge in [-0.3, -0.25) is 73.8 Å². The molecule has 0 heterocycles. The Morgan fingerprint density at radius 2 is 0.346 bits per heavy atom. The quantitative estimate of drug-likeness (QED) is 0.0118. The van der Waals surface area contributed by atoms with E-state index in [0.29, 0.717) is 15.0 Å². The molecule has 0 aliphatic rings. The van der Waals surface area contributed by atoms with E-state index in [1.807, 2.05) is 16.3 Å². The minimum absolute atomic E-state index is 0. The second-order valence-corrected chi connectivity index (χ2v) is 21.0. The molecule has 3 atom stereocenters. The van der Waals surface area contributed by atoms with E-state index >= 15 is 0 Å². The Bertz CT molecular complexity index is 3320. The predicted molar refractivity (Wildman–Crippen MR) is 327 cm³/mol. The number of ketones is 6. The number of Topliss-reactive ketones (excluding diaryl/α,β-unsaturated/α-hetero) is 6. The number of carboxylic acids is 24. The molecule has 0 saturated heterocycles. The van der Waals surface area contributed by atoms with Crippen molar-refractivity contribution in [3.63, 3.8) is 0 Å². The van der Waals surface area contributed by atoms with Crippen LogP contribution in [0, 0.1) is 0 Å². The van der Waals surface area contributed by atoms with Crippen LogP contribution in [-0.2, 0) is 278 Å². The van der Waals surface area contributed by atoms with Crippen molar-refractivity contribution in [3.05, 3.63) is 0 Å². The van der Waals surface area contributed by atoms with Gasteiger partial charge >= 0.3 is 137 Å². The van der Waals surface area contributed by atoms with E-state index in [9.17, 15) is 265 Å². The van der Waals surface area contributed by atoms with Gasteiger partial charge in [0.2, 0.25) is 17.7 Å². The second kappa shape index (κ2) is 101. The fourth-order valence-electron chi connectivity index (χ4n) is 4.91. The number of amides is 3. The second-order valence-electron chi connectivity index (χ2n) is 21.0. The predicted octanol–water partition coefficient (Wildman–Crippen LogP) is -38.9. The first kappa shape index (κ1) is 167. The SMILES string of the molecule is CC(=O)NN(CC(=O)[O-])CC(=O)[O-].CC(=O)NN(CC(=O)[O-])CC(=O)[O-].CC(=O)NN(CC(=O)[O-])CC(=O)[O-].N[C@@H](CC(=O)[O-])C(=O)O.N[C@@H](CC(=O)[O-])C(=O)O.N[C@@H](CC(=O)[O-])C(=O)O.O=C([O-])CC(=O)CC(=O)[O-].O=C([O-])CC(=O)CC(=O)[O-].O=C([O-])CC(=O)CC(=O)[O-].O=C([O-])CCC(=O)C(=O)[O-].O=C([O-])CCC(=O)C(=O)[O-].O=C([O-])CCC(=O)C(=O)[O-].[Fe+3].[Fe+3].[Fe+3].[Fe+3].[Fe+3].[Fe+3].[Fe+3]. The minimum atomic E-state index is -1.86. The van der Waals surface area contributed by atoms with Gasteiger partial charge < -0.3 is 240 Å². The van der Waals surface area contributed by atoms with Crippen LogP contribution < -0.4 is 141 Å². The van der Waals surface area contributed by atoms with Gasteiger partial charge in [0.25, 0.3) is 0 Å². The maximum atomic E-state index is 10.4. The smallest absolute Gasteiger partial charge is 0.550 e. The molecular weight excluding hydrogens is 2150 g/mol.